The highest BCUT2D eigenvalue weighted by atomic mass is 16.5. The molecule has 0 saturated carbocycles. The minimum absolute atomic E-state index is 0.224. The molecule has 1 heterocycles. The van der Waals surface area contributed by atoms with Crippen LogP contribution in [0, 0.1) is 6.92 Å². The maximum atomic E-state index is 12.4. The summed E-state index contributed by atoms with van der Waals surface area (Å²) in [5, 5.41) is 2.71. The summed E-state index contributed by atoms with van der Waals surface area (Å²) in [5.41, 5.74) is 1.88. The van der Waals surface area contributed by atoms with Crippen molar-refractivity contribution in [1.82, 2.24) is 10.2 Å². The van der Waals surface area contributed by atoms with Gasteiger partial charge >= 0.3 is 6.03 Å². The Bertz CT molecular complexity index is 715. The summed E-state index contributed by atoms with van der Waals surface area (Å²) < 4.78 is 5.61. The second-order valence-electron chi connectivity index (χ2n) is 5.45. The van der Waals surface area contributed by atoms with Crippen LogP contribution in [0.3, 0.4) is 0 Å². The van der Waals surface area contributed by atoms with Crippen LogP contribution in [-0.2, 0) is 4.79 Å². The topological polar surface area (TPSA) is 58.6 Å². The molecule has 23 heavy (non-hydrogen) atoms. The highest BCUT2D eigenvalue weighted by Gasteiger charge is 2.38. The molecule has 3 rings (SSSR count). The van der Waals surface area contributed by atoms with E-state index in [1.807, 2.05) is 61.5 Å². The van der Waals surface area contributed by atoms with Crippen molar-refractivity contribution in [3.63, 3.8) is 0 Å². The fraction of sp³-hybridized carbons (Fsp3) is 0.222. The van der Waals surface area contributed by atoms with Gasteiger partial charge in [0.2, 0.25) is 0 Å². The fourth-order valence-corrected chi connectivity index (χ4v) is 2.56. The molecule has 5 nitrogen and oxygen atoms in total. The fourth-order valence-electron chi connectivity index (χ4n) is 2.56. The molecule has 0 aromatic heterocycles. The number of hydrogen-bond acceptors (Lipinski definition) is 3. The Morgan fingerprint density at radius 2 is 1.87 bits per heavy atom. The van der Waals surface area contributed by atoms with E-state index >= 15 is 0 Å². The van der Waals surface area contributed by atoms with Crippen molar-refractivity contribution in [2.75, 3.05) is 13.2 Å². The zero-order chi connectivity index (χ0) is 16.2. The van der Waals surface area contributed by atoms with E-state index < -0.39 is 6.04 Å². The molecule has 1 aliphatic heterocycles. The minimum Gasteiger partial charge on any atom is -0.492 e. The van der Waals surface area contributed by atoms with Crippen molar-refractivity contribution in [2.45, 2.75) is 13.0 Å². The first-order valence-corrected chi connectivity index (χ1v) is 7.51. The minimum atomic E-state index is -0.609. The number of nitrogens with zero attached hydrogens (tertiary/aromatic N) is 1. The van der Waals surface area contributed by atoms with Gasteiger partial charge in [-0.25, -0.2) is 4.79 Å². The Morgan fingerprint density at radius 1 is 1.09 bits per heavy atom. The molecule has 3 amide bonds. The van der Waals surface area contributed by atoms with Crippen LogP contribution in [-0.4, -0.2) is 30.0 Å². The van der Waals surface area contributed by atoms with Crippen LogP contribution >= 0.6 is 0 Å². The van der Waals surface area contributed by atoms with Gasteiger partial charge in [-0.05, 0) is 30.2 Å². The first-order chi connectivity index (χ1) is 11.1. The van der Waals surface area contributed by atoms with E-state index in [2.05, 4.69) is 5.32 Å². The normalized spacial score (nSPS) is 17.3. The third-order valence-corrected chi connectivity index (χ3v) is 3.73. The predicted molar refractivity (Wildman–Crippen MR) is 86.1 cm³/mol. The average molecular weight is 310 g/mol. The highest BCUT2D eigenvalue weighted by molar-refractivity contribution is 6.04. The van der Waals surface area contributed by atoms with Gasteiger partial charge in [0.15, 0.2) is 0 Å². The molecule has 1 unspecified atom stereocenters. The third-order valence-electron chi connectivity index (χ3n) is 3.73. The molecule has 2 aromatic rings. The van der Waals surface area contributed by atoms with Crippen molar-refractivity contribution in [2.24, 2.45) is 0 Å². The number of hydrogen-bond donors (Lipinski definition) is 1. The predicted octanol–water partition coefficient (Wildman–Crippen LogP) is 2.67. The lowest BCUT2D eigenvalue weighted by Crippen LogP contribution is -2.34. The monoisotopic (exact) mass is 310 g/mol. The van der Waals surface area contributed by atoms with Crippen LogP contribution in [0.4, 0.5) is 4.79 Å². The molecule has 0 aliphatic carbocycles. The van der Waals surface area contributed by atoms with Crippen molar-refractivity contribution < 1.29 is 14.3 Å². The number of rotatable bonds is 5. The number of carbonyl (C=O) groups is 2. The number of urea groups is 1. The molecule has 1 aliphatic rings. The van der Waals surface area contributed by atoms with Crippen LogP contribution in [0.1, 0.15) is 17.2 Å². The van der Waals surface area contributed by atoms with Crippen LogP contribution in [0.2, 0.25) is 0 Å². The van der Waals surface area contributed by atoms with Gasteiger partial charge in [-0.3, -0.25) is 9.69 Å². The molecule has 1 saturated heterocycles. The smallest absolute Gasteiger partial charge is 0.325 e. The van der Waals surface area contributed by atoms with E-state index in [0.29, 0.717) is 0 Å². The van der Waals surface area contributed by atoms with E-state index in [0.717, 1.165) is 16.9 Å². The van der Waals surface area contributed by atoms with Gasteiger partial charge in [0.1, 0.15) is 18.4 Å². The summed E-state index contributed by atoms with van der Waals surface area (Å²) in [7, 11) is 0. The number of imide groups is 1. The van der Waals surface area contributed by atoms with Gasteiger partial charge < -0.3 is 10.1 Å². The van der Waals surface area contributed by atoms with E-state index in [1.54, 1.807) is 0 Å². The first-order valence-electron chi connectivity index (χ1n) is 7.51. The zero-order valence-corrected chi connectivity index (χ0v) is 12.9. The van der Waals surface area contributed by atoms with Gasteiger partial charge in [-0.15, -0.1) is 0 Å². The number of aryl methyl sites for hydroxylation is 1. The summed E-state index contributed by atoms with van der Waals surface area (Å²) >= 11 is 0. The summed E-state index contributed by atoms with van der Waals surface area (Å²) in [5.74, 6) is 0.491. The molecular weight excluding hydrogens is 292 g/mol. The first kappa shape index (κ1) is 15.1. The van der Waals surface area contributed by atoms with E-state index in [-0.39, 0.29) is 25.1 Å². The van der Waals surface area contributed by atoms with Gasteiger partial charge in [-0.1, -0.05) is 42.5 Å². The molecular formula is C18H18N2O3. The van der Waals surface area contributed by atoms with Crippen molar-refractivity contribution in [1.29, 1.82) is 0 Å². The van der Waals surface area contributed by atoms with Crippen LogP contribution in [0.5, 0.6) is 5.75 Å². The zero-order valence-electron chi connectivity index (χ0n) is 12.9. The highest BCUT2D eigenvalue weighted by Crippen LogP contribution is 2.21. The summed E-state index contributed by atoms with van der Waals surface area (Å²) in [6.45, 7) is 2.47. The van der Waals surface area contributed by atoms with Crippen LogP contribution in [0.15, 0.2) is 54.6 Å². The second-order valence-corrected chi connectivity index (χ2v) is 5.45. The Kier molecular flexibility index (Phi) is 4.28. The van der Waals surface area contributed by atoms with E-state index in [1.165, 1.54) is 4.90 Å². The van der Waals surface area contributed by atoms with Crippen LogP contribution < -0.4 is 10.1 Å². The number of amides is 3. The van der Waals surface area contributed by atoms with Gasteiger partial charge in [0.25, 0.3) is 5.91 Å². The molecule has 1 atom stereocenters. The Hall–Kier alpha value is -2.82. The number of nitrogens with one attached hydrogen (secondary N) is 1. The Balaban J connectivity index is 1.60. The van der Waals surface area contributed by atoms with Crippen molar-refractivity contribution >= 4 is 11.9 Å². The van der Waals surface area contributed by atoms with Crippen LogP contribution in [0.25, 0.3) is 0 Å². The summed E-state index contributed by atoms with van der Waals surface area (Å²) in [4.78, 5) is 25.6. The maximum Gasteiger partial charge on any atom is 0.325 e. The molecule has 2 aromatic carbocycles. The standard InChI is InChI=1S/C18H18N2O3/c1-13-6-5-9-15(12-13)23-11-10-20-17(21)16(19-18(20)22)14-7-3-2-4-8-14/h2-9,12,16H,10-11H2,1H3,(H,19,22). The van der Waals surface area contributed by atoms with Gasteiger partial charge in [0, 0.05) is 0 Å². The van der Waals surface area contributed by atoms with Gasteiger partial charge in [0.05, 0.1) is 6.54 Å². The quantitative estimate of drug-likeness (QED) is 0.864. The molecule has 1 N–H and O–H groups in total. The Labute approximate surface area is 134 Å². The number of ether oxygens (including phenoxy) is 1. The SMILES string of the molecule is Cc1cccc(OCCN2C(=O)NC(c3ccccc3)C2=O)c1. The summed E-state index contributed by atoms with van der Waals surface area (Å²) in [6.07, 6.45) is 0. The van der Waals surface area contributed by atoms with E-state index in [4.69, 9.17) is 4.74 Å². The lowest BCUT2D eigenvalue weighted by atomic mass is 10.1. The number of benzene rings is 2. The van der Waals surface area contributed by atoms with E-state index in [9.17, 15) is 9.59 Å². The third kappa shape index (κ3) is 3.34. The molecule has 5 heteroatoms. The lowest BCUT2D eigenvalue weighted by Gasteiger charge is -2.14. The van der Waals surface area contributed by atoms with Crippen molar-refractivity contribution in [3.8, 4) is 5.75 Å². The second kappa shape index (κ2) is 6.52. The largest absolute Gasteiger partial charge is 0.492 e. The lowest BCUT2D eigenvalue weighted by molar-refractivity contribution is -0.127. The van der Waals surface area contributed by atoms with Crippen molar-refractivity contribution in [3.05, 3.63) is 65.7 Å². The summed E-state index contributed by atoms with van der Waals surface area (Å²) in [6, 6.07) is 15.9. The molecule has 1 fully saturated rings. The maximum absolute atomic E-state index is 12.4. The molecule has 0 spiro atoms. The van der Waals surface area contributed by atoms with Gasteiger partial charge in [-0.2, -0.15) is 0 Å². The number of carbonyl (C=O) groups excluding carboxylic acids is 2. The average Bonchev–Trinajstić information content (AvgIpc) is 2.84. The Morgan fingerprint density at radius 3 is 2.61 bits per heavy atom. The molecule has 0 bridgehead atoms. The molecule has 118 valence electrons. The molecule has 0 radical (unpaired) electrons.